The smallest absolute Gasteiger partial charge is 0.224 e. The lowest BCUT2D eigenvalue weighted by Gasteiger charge is -2.12. The van der Waals surface area contributed by atoms with Crippen LogP contribution in [0.5, 0.6) is 0 Å². The van der Waals surface area contributed by atoms with Crippen LogP contribution in [-0.2, 0) is 12.4 Å². The Labute approximate surface area is 182 Å². The third kappa shape index (κ3) is 5.26. The van der Waals surface area contributed by atoms with E-state index in [1.807, 2.05) is 7.05 Å². The monoisotopic (exact) mass is 443 g/mol. The van der Waals surface area contributed by atoms with Gasteiger partial charge in [-0.3, -0.25) is 0 Å². The lowest BCUT2D eigenvalue weighted by Crippen LogP contribution is -2.18. The zero-order chi connectivity index (χ0) is 22.5. The van der Waals surface area contributed by atoms with Crippen molar-refractivity contribution in [1.82, 2.24) is 44.8 Å². The van der Waals surface area contributed by atoms with Crippen molar-refractivity contribution in [3.8, 4) is 0 Å². The number of alkyl halides is 1. The van der Waals surface area contributed by atoms with Crippen molar-refractivity contribution in [2.45, 2.75) is 19.3 Å². The number of nitrogen functional groups attached to an aromatic ring is 4. The molecule has 0 amide bonds. The maximum Gasteiger partial charge on any atom is 0.224 e. The molecule has 0 aliphatic heterocycles. The van der Waals surface area contributed by atoms with Crippen molar-refractivity contribution in [1.29, 1.82) is 0 Å². The van der Waals surface area contributed by atoms with E-state index in [0.29, 0.717) is 34.6 Å². The lowest BCUT2D eigenvalue weighted by atomic mass is 10.4. The van der Waals surface area contributed by atoms with Gasteiger partial charge in [-0.1, -0.05) is 6.92 Å². The maximum atomic E-state index is 5.69. The fourth-order valence-corrected chi connectivity index (χ4v) is 2.62. The van der Waals surface area contributed by atoms with Crippen molar-refractivity contribution < 1.29 is 0 Å². The van der Waals surface area contributed by atoms with Crippen LogP contribution in [0.1, 0.15) is 18.3 Å². The maximum absolute atomic E-state index is 5.69. The van der Waals surface area contributed by atoms with Gasteiger partial charge in [0, 0.05) is 6.54 Å². The number of aromatic nitrogens is 8. The van der Waals surface area contributed by atoms with Gasteiger partial charge in [0.2, 0.25) is 11.9 Å². The second-order valence-electron chi connectivity index (χ2n) is 6.47. The number of nitrogens with zero attached hydrogens (tertiary/aromatic N) is 9. The Hall–Kier alpha value is -3.71. The van der Waals surface area contributed by atoms with Gasteiger partial charge in [-0.15, -0.1) is 11.6 Å². The van der Waals surface area contributed by atoms with E-state index in [1.165, 1.54) is 6.20 Å². The van der Waals surface area contributed by atoms with Crippen LogP contribution in [0.15, 0.2) is 12.4 Å². The van der Waals surface area contributed by atoms with Gasteiger partial charge in [-0.05, 0) is 13.6 Å². The standard InChI is InChI=1S/C10H15N7.C7H7ClN6/c1-3-17(2)5-6-4-13-7-8(11)15-10(12)16-9(7)14-6;8-1-3-2-11-4-5(9)13-7(10)14-6(4)12-3/h4H,3,5H2,1-2H3,(H4,11,12,14,15,16);2H,1H2,(H4,9,10,12,13,14). The Morgan fingerprint density at radius 2 is 1.26 bits per heavy atom. The van der Waals surface area contributed by atoms with E-state index in [4.69, 9.17) is 34.5 Å². The molecule has 0 aromatic carbocycles. The van der Waals surface area contributed by atoms with Gasteiger partial charge in [0.1, 0.15) is 11.0 Å². The summed E-state index contributed by atoms with van der Waals surface area (Å²) >= 11 is 5.60. The molecule has 0 bridgehead atoms. The second-order valence-corrected chi connectivity index (χ2v) is 6.73. The molecule has 0 saturated heterocycles. The summed E-state index contributed by atoms with van der Waals surface area (Å²) in [5.74, 6) is 0.949. The van der Waals surface area contributed by atoms with Gasteiger partial charge in [-0.2, -0.15) is 19.9 Å². The van der Waals surface area contributed by atoms with Gasteiger partial charge in [-0.25, -0.2) is 19.9 Å². The minimum Gasteiger partial charge on any atom is -0.382 e. The number of halogens is 1. The second kappa shape index (κ2) is 9.40. The lowest BCUT2D eigenvalue weighted by molar-refractivity contribution is 0.341. The molecule has 13 nitrogen and oxygen atoms in total. The molecular weight excluding hydrogens is 422 g/mol. The van der Waals surface area contributed by atoms with Crippen molar-refractivity contribution in [3.05, 3.63) is 23.8 Å². The molecular formula is C17H22ClN13. The Balaban J connectivity index is 0.000000179. The van der Waals surface area contributed by atoms with Crippen molar-refractivity contribution in [2.24, 2.45) is 0 Å². The van der Waals surface area contributed by atoms with E-state index in [2.05, 4.69) is 51.7 Å². The van der Waals surface area contributed by atoms with Gasteiger partial charge >= 0.3 is 0 Å². The Kier molecular flexibility index (Phi) is 6.67. The highest BCUT2D eigenvalue weighted by molar-refractivity contribution is 6.16. The quantitative estimate of drug-likeness (QED) is 0.314. The molecule has 31 heavy (non-hydrogen) atoms. The molecule has 0 radical (unpaired) electrons. The number of anilines is 4. The van der Waals surface area contributed by atoms with E-state index in [1.54, 1.807) is 6.20 Å². The molecule has 14 heteroatoms. The van der Waals surface area contributed by atoms with Gasteiger partial charge in [0.15, 0.2) is 22.9 Å². The molecule has 0 fully saturated rings. The van der Waals surface area contributed by atoms with Gasteiger partial charge in [0.05, 0.1) is 29.7 Å². The summed E-state index contributed by atoms with van der Waals surface area (Å²) in [6, 6.07) is 0. The minimum absolute atomic E-state index is 0.0797. The van der Waals surface area contributed by atoms with Crippen LogP contribution in [0.25, 0.3) is 22.3 Å². The third-order valence-electron chi connectivity index (χ3n) is 4.11. The first kappa shape index (κ1) is 22.0. The molecule has 0 atom stereocenters. The van der Waals surface area contributed by atoms with Crippen molar-refractivity contribution in [3.63, 3.8) is 0 Å². The summed E-state index contributed by atoms with van der Waals surface area (Å²) in [5.41, 5.74) is 25.4. The molecule has 4 aromatic heterocycles. The van der Waals surface area contributed by atoms with Crippen LogP contribution in [0, 0.1) is 0 Å². The summed E-state index contributed by atoms with van der Waals surface area (Å²) < 4.78 is 0. The number of hydrogen-bond acceptors (Lipinski definition) is 13. The highest BCUT2D eigenvalue weighted by Crippen LogP contribution is 2.15. The molecule has 0 saturated carbocycles. The zero-order valence-corrected chi connectivity index (χ0v) is 17.7. The minimum atomic E-state index is 0.0797. The van der Waals surface area contributed by atoms with Gasteiger partial charge in [0.25, 0.3) is 0 Å². The zero-order valence-electron chi connectivity index (χ0n) is 17.0. The average Bonchev–Trinajstić information content (AvgIpc) is 2.73. The first-order chi connectivity index (χ1) is 14.8. The van der Waals surface area contributed by atoms with Crippen LogP contribution in [0.3, 0.4) is 0 Å². The topological polar surface area (TPSA) is 210 Å². The molecule has 0 spiro atoms. The SMILES string of the molecule is CCN(C)Cc1cnc2c(N)nc(N)nc2n1.Nc1nc(N)c2ncc(CCl)nc2n1. The molecule has 4 aromatic rings. The molecule has 4 rings (SSSR count). The van der Waals surface area contributed by atoms with E-state index in [9.17, 15) is 0 Å². The van der Waals surface area contributed by atoms with E-state index in [-0.39, 0.29) is 29.4 Å². The highest BCUT2D eigenvalue weighted by Gasteiger charge is 2.08. The fraction of sp³-hybridized carbons (Fsp3) is 0.294. The van der Waals surface area contributed by atoms with Gasteiger partial charge < -0.3 is 27.8 Å². The van der Waals surface area contributed by atoms with Crippen molar-refractivity contribution >= 4 is 57.5 Å². The van der Waals surface area contributed by atoms with Crippen molar-refractivity contribution in [2.75, 3.05) is 36.5 Å². The molecule has 4 heterocycles. The Morgan fingerprint density at radius 3 is 1.74 bits per heavy atom. The molecule has 0 aliphatic rings. The first-order valence-corrected chi connectivity index (χ1v) is 9.67. The summed E-state index contributed by atoms with van der Waals surface area (Å²) in [5, 5.41) is 0. The number of fused-ring (bicyclic) bond motifs is 2. The summed E-state index contributed by atoms with van der Waals surface area (Å²) in [7, 11) is 2.01. The van der Waals surface area contributed by atoms with Crippen LogP contribution < -0.4 is 22.9 Å². The number of hydrogen-bond donors (Lipinski definition) is 4. The number of rotatable bonds is 4. The predicted molar refractivity (Wildman–Crippen MR) is 119 cm³/mol. The van der Waals surface area contributed by atoms with Crippen LogP contribution in [0.2, 0.25) is 0 Å². The normalized spacial score (nSPS) is 11.0. The molecule has 8 N–H and O–H groups in total. The average molecular weight is 444 g/mol. The molecule has 162 valence electrons. The highest BCUT2D eigenvalue weighted by atomic mass is 35.5. The van der Waals surface area contributed by atoms with E-state index >= 15 is 0 Å². The summed E-state index contributed by atoms with van der Waals surface area (Å²) in [4.78, 5) is 34.4. The van der Waals surface area contributed by atoms with E-state index < -0.39 is 0 Å². The predicted octanol–water partition coefficient (Wildman–Crippen LogP) is 0.359. The summed E-state index contributed by atoms with van der Waals surface area (Å²) in [6.45, 7) is 3.73. The first-order valence-electron chi connectivity index (χ1n) is 9.14. The van der Waals surface area contributed by atoms with Crippen LogP contribution in [0.4, 0.5) is 23.5 Å². The largest absolute Gasteiger partial charge is 0.382 e. The Bertz CT molecular complexity index is 1220. The van der Waals surface area contributed by atoms with Crippen LogP contribution >= 0.6 is 11.6 Å². The third-order valence-corrected chi connectivity index (χ3v) is 4.39. The fourth-order valence-electron chi connectivity index (χ4n) is 2.50. The summed E-state index contributed by atoms with van der Waals surface area (Å²) in [6.07, 6.45) is 3.22. The Morgan fingerprint density at radius 1 is 0.774 bits per heavy atom. The van der Waals surface area contributed by atoms with E-state index in [0.717, 1.165) is 12.2 Å². The van der Waals surface area contributed by atoms with Crippen LogP contribution in [-0.4, -0.2) is 58.4 Å². The molecule has 0 unspecified atom stereocenters. The molecule has 0 aliphatic carbocycles. The number of nitrogens with two attached hydrogens (primary N) is 4.